The van der Waals surface area contributed by atoms with Crippen LogP contribution in [0, 0.1) is 5.82 Å². The van der Waals surface area contributed by atoms with Gasteiger partial charge >= 0.3 is 12.3 Å². The maximum atomic E-state index is 13.9. The quantitative estimate of drug-likeness (QED) is 0.628. The smallest absolute Gasteiger partial charge is 0.419 e. The van der Waals surface area contributed by atoms with Crippen LogP contribution in [0.25, 0.3) is 0 Å². The zero-order valence-electron chi connectivity index (χ0n) is 13.5. The second-order valence-corrected chi connectivity index (χ2v) is 8.02. The number of carbonyl (C=O) groups excluding carboxylic acids is 1. The molecule has 0 aliphatic rings. The predicted molar refractivity (Wildman–Crippen MR) is 81.1 cm³/mol. The van der Waals surface area contributed by atoms with E-state index in [1.165, 1.54) is 6.92 Å². The molecule has 5 nitrogen and oxygen atoms in total. The molecule has 0 spiro atoms. The molecule has 0 heterocycles. The van der Waals surface area contributed by atoms with Crippen LogP contribution in [-0.2, 0) is 17.5 Å². The molecule has 0 aliphatic carbocycles. The van der Waals surface area contributed by atoms with Crippen molar-refractivity contribution in [3.8, 4) is 5.75 Å². The third kappa shape index (κ3) is 5.25. The van der Waals surface area contributed by atoms with E-state index in [0.29, 0.717) is 6.07 Å². The monoisotopic (exact) mass is 370 g/mol. The number of carbonyl (C=O) groups is 1. The molecule has 1 aromatic rings. The summed E-state index contributed by atoms with van der Waals surface area (Å²) in [5.74, 6) is -2.68. The Balaban J connectivity index is 3.30. The maximum absolute atomic E-state index is 13.9. The van der Waals surface area contributed by atoms with Crippen LogP contribution in [0.2, 0.25) is 0 Å². The van der Waals surface area contributed by atoms with Gasteiger partial charge in [-0.3, -0.25) is 0 Å². The highest BCUT2D eigenvalue weighted by Crippen LogP contribution is 2.37. The number of nitrogens with one attached hydrogen (secondary N) is 1. The summed E-state index contributed by atoms with van der Waals surface area (Å²) in [6.07, 6.45) is -6.45. The molecule has 24 heavy (non-hydrogen) atoms. The molecule has 0 saturated heterocycles. The van der Waals surface area contributed by atoms with Gasteiger partial charge in [0.05, 0.1) is 11.6 Å². The van der Waals surface area contributed by atoms with Crippen molar-refractivity contribution in [2.24, 2.45) is 5.73 Å². The standard InChI is InChI=1S/C14H18F4N2O3S/c1-7(20-24(22)13(2,3)4)8-5-9(14(16,17)18)11(15)10(6-8)23-12(19)21/h5-7,20H,1-4H3,(H2,19,21). The minimum atomic E-state index is -5.00. The third-order valence-electron chi connectivity index (χ3n) is 2.92. The van der Waals surface area contributed by atoms with Crippen molar-refractivity contribution in [2.75, 3.05) is 0 Å². The molecule has 0 bridgehead atoms. The van der Waals surface area contributed by atoms with Crippen LogP contribution in [0.3, 0.4) is 0 Å². The summed E-state index contributed by atoms with van der Waals surface area (Å²) in [7, 11) is 0. The van der Waals surface area contributed by atoms with E-state index >= 15 is 0 Å². The Bertz CT molecular complexity index is 617. The number of hydrogen-bond acceptors (Lipinski definition) is 4. The maximum Gasteiger partial charge on any atom is 0.419 e. The number of halogens is 4. The molecule has 1 aromatic carbocycles. The van der Waals surface area contributed by atoms with Gasteiger partial charge in [-0.1, -0.05) is 0 Å². The first-order valence-electron chi connectivity index (χ1n) is 6.79. The minimum absolute atomic E-state index is 0.0578. The molecule has 0 radical (unpaired) electrons. The van der Waals surface area contributed by atoms with E-state index in [2.05, 4.69) is 9.46 Å². The van der Waals surface area contributed by atoms with Gasteiger partial charge in [0.2, 0.25) is 0 Å². The fourth-order valence-electron chi connectivity index (χ4n) is 1.66. The predicted octanol–water partition coefficient (Wildman–Crippen LogP) is 3.41. The lowest BCUT2D eigenvalue weighted by Crippen LogP contribution is -2.40. The van der Waals surface area contributed by atoms with Gasteiger partial charge in [-0.2, -0.15) is 13.2 Å². The number of amides is 1. The van der Waals surface area contributed by atoms with Crippen LogP contribution in [0.4, 0.5) is 22.4 Å². The summed E-state index contributed by atoms with van der Waals surface area (Å²) >= 11 is -1.58. The largest absolute Gasteiger partial charge is 0.598 e. The first-order chi connectivity index (χ1) is 10.7. The number of rotatable bonds is 4. The van der Waals surface area contributed by atoms with Gasteiger partial charge in [0.25, 0.3) is 0 Å². The topological polar surface area (TPSA) is 87.4 Å². The van der Waals surface area contributed by atoms with Crippen LogP contribution < -0.4 is 15.2 Å². The minimum Gasteiger partial charge on any atom is -0.598 e. The van der Waals surface area contributed by atoms with Crippen LogP contribution in [0.5, 0.6) is 5.75 Å². The first kappa shape index (κ1) is 20.5. The Morgan fingerprint density at radius 1 is 1.33 bits per heavy atom. The van der Waals surface area contributed by atoms with Crippen molar-refractivity contribution < 1.29 is 31.6 Å². The van der Waals surface area contributed by atoms with E-state index in [4.69, 9.17) is 5.73 Å². The Hall–Kier alpha value is -1.52. The van der Waals surface area contributed by atoms with Crippen molar-refractivity contribution >= 4 is 17.5 Å². The Morgan fingerprint density at radius 2 is 1.88 bits per heavy atom. The highest BCUT2D eigenvalue weighted by Gasteiger charge is 2.37. The fourth-order valence-corrected chi connectivity index (χ4v) is 2.47. The molecule has 2 unspecified atom stereocenters. The second kappa shape index (κ2) is 7.16. The van der Waals surface area contributed by atoms with Gasteiger partial charge in [0, 0.05) is 11.4 Å². The molecule has 0 aromatic heterocycles. The molecule has 1 rings (SSSR count). The van der Waals surface area contributed by atoms with Crippen LogP contribution >= 0.6 is 0 Å². The number of benzene rings is 1. The number of alkyl halides is 3. The summed E-state index contributed by atoms with van der Waals surface area (Å²) in [6, 6.07) is 0.648. The average Bonchev–Trinajstić information content (AvgIpc) is 2.37. The average molecular weight is 370 g/mol. The van der Waals surface area contributed by atoms with Crippen molar-refractivity contribution in [3.63, 3.8) is 0 Å². The van der Waals surface area contributed by atoms with Gasteiger partial charge in [0.1, 0.15) is 4.75 Å². The molecule has 0 fully saturated rings. The van der Waals surface area contributed by atoms with Crippen LogP contribution in [0.1, 0.15) is 44.9 Å². The van der Waals surface area contributed by atoms with E-state index in [9.17, 15) is 26.9 Å². The summed E-state index contributed by atoms with van der Waals surface area (Å²) in [5, 5.41) is 0. The highest BCUT2D eigenvalue weighted by molar-refractivity contribution is 7.90. The normalized spacial score (nSPS) is 15.0. The lowest BCUT2D eigenvalue weighted by atomic mass is 10.0. The molecule has 2 atom stereocenters. The molecular weight excluding hydrogens is 352 g/mol. The third-order valence-corrected chi connectivity index (χ3v) is 4.60. The summed E-state index contributed by atoms with van der Waals surface area (Å²) < 4.78 is 71.1. The zero-order chi connectivity index (χ0) is 18.9. The number of primary amides is 1. The molecular formula is C14H18F4N2O3S. The van der Waals surface area contributed by atoms with E-state index in [-0.39, 0.29) is 5.56 Å². The lowest BCUT2D eigenvalue weighted by Gasteiger charge is -2.27. The highest BCUT2D eigenvalue weighted by atomic mass is 32.2. The van der Waals surface area contributed by atoms with E-state index in [0.717, 1.165) is 6.07 Å². The van der Waals surface area contributed by atoms with Crippen LogP contribution in [0.15, 0.2) is 12.1 Å². The van der Waals surface area contributed by atoms with Crippen LogP contribution in [-0.4, -0.2) is 15.4 Å². The Morgan fingerprint density at radius 3 is 2.29 bits per heavy atom. The zero-order valence-corrected chi connectivity index (χ0v) is 14.3. The fraction of sp³-hybridized carbons (Fsp3) is 0.500. The summed E-state index contributed by atoms with van der Waals surface area (Å²) in [5.41, 5.74) is 3.08. The van der Waals surface area contributed by atoms with Crippen molar-refractivity contribution in [2.45, 2.75) is 44.7 Å². The molecule has 0 aliphatic heterocycles. The lowest BCUT2D eigenvalue weighted by molar-refractivity contribution is -0.140. The van der Waals surface area contributed by atoms with E-state index < -0.39 is 51.6 Å². The van der Waals surface area contributed by atoms with E-state index in [1.54, 1.807) is 20.8 Å². The van der Waals surface area contributed by atoms with Crippen molar-refractivity contribution in [1.82, 2.24) is 4.72 Å². The molecule has 1 amide bonds. The first-order valence-corrected chi connectivity index (χ1v) is 7.94. The molecule has 0 saturated carbocycles. The Labute approximate surface area is 139 Å². The van der Waals surface area contributed by atoms with Gasteiger partial charge in [0.15, 0.2) is 11.6 Å². The SMILES string of the molecule is CC(N[S+]([O-])C(C)(C)C)c1cc(OC(N)=O)c(F)c(C(F)(F)F)c1. The van der Waals surface area contributed by atoms with Gasteiger partial charge in [-0.15, -0.1) is 4.72 Å². The number of ether oxygens (including phenoxy) is 1. The molecule has 136 valence electrons. The number of hydrogen-bond donors (Lipinski definition) is 2. The van der Waals surface area contributed by atoms with Crippen molar-refractivity contribution in [1.29, 1.82) is 0 Å². The van der Waals surface area contributed by atoms with Gasteiger partial charge in [-0.25, -0.2) is 9.18 Å². The molecule has 3 N–H and O–H groups in total. The summed E-state index contributed by atoms with van der Waals surface area (Å²) in [4.78, 5) is 10.8. The number of nitrogens with two attached hydrogens (primary N) is 1. The molecule has 10 heteroatoms. The second-order valence-electron chi connectivity index (χ2n) is 6.02. The van der Waals surface area contributed by atoms with E-state index in [1.807, 2.05) is 0 Å². The van der Waals surface area contributed by atoms with Gasteiger partial charge < -0.3 is 15.0 Å². The van der Waals surface area contributed by atoms with Crippen molar-refractivity contribution in [3.05, 3.63) is 29.1 Å². The Kier molecular flexibility index (Phi) is 6.12. The summed E-state index contributed by atoms with van der Waals surface area (Å²) in [6.45, 7) is 6.48. The van der Waals surface area contributed by atoms with Gasteiger partial charge in [-0.05, 0) is 45.4 Å².